The van der Waals surface area contributed by atoms with Gasteiger partial charge in [0.15, 0.2) is 0 Å². The second-order valence-corrected chi connectivity index (χ2v) is 4.37. The summed E-state index contributed by atoms with van der Waals surface area (Å²) in [5.41, 5.74) is 0. The van der Waals surface area contributed by atoms with Crippen LogP contribution < -0.4 is 5.32 Å². The third kappa shape index (κ3) is 4.34. The van der Waals surface area contributed by atoms with E-state index >= 15 is 0 Å². The molecule has 1 N–H and O–H groups in total. The fourth-order valence-electron chi connectivity index (χ4n) is 2.19. The molecule has 1 unspecified atom stereocenters. The largest absolute Gasteiger partial charge is 0.469 e. The number of nitrogens with one attached hydrogen (secondary N) is 1. The van der Waals surface area contributed by atoms with Gasteiger partial charge in [0.2, 0.25) is 5.91 Å². The van der Waals surface area contributed by atoms with E-state index in [1.165, 1.54) is 7.11 Å². The number of carbonyl (C=O) groups excluding carboxylic acids is 2. The van der Waals surface area contributed by atoms with E-state index in [2.05, 4.69) is 10.1 Å². The van der Waals surface area contributed by atoms with Gasteiger partial charge in [-0.3, -0.25) is 9.59 Å². The van der Waals surface area contributed by atoms with E-state index in [0.717, 1.165) is 25.8 Å². The highest BCUT2D eigenvalue weighted by molar-refractivity contribution is 5.78. The van der Waals surface area contributed by atoms with E-state index < -0.39 is 0 Å². The van der Waals surface area contributed by atoms with Gasteiger partial charge in [0.25, 0.3) is 0 Å². The van der Waals surface area contributed by atoms with Crippen molar-refractivity contribution >= 4 is 11.9 Å². The molecule has 0 aromatic carbocycles. The fourth-order valence-corrected chi connectivity index (χ4v) is 2.19. The molecule has 0 aliphatic carbocycles. The number of amides is 1. The Morgan fingerprint density at radius 3 is 2.82 bits per heavy atom. The zero-order valence-electron chi connectivity index (χ0n) is 10.7. The number of nitrogens with zero attached hydrogens (tertiary/aromatic N) is 1. The van der Waals surface area contributed by atoms with Gasteiger partial charge in [0, 0.05) is 25.6 Å². The molecule has 0 bridgehead atoms. The summed E-state index contributed by atoms with van der Waals surface area (Å²) in [6, 6.07) is 0.0283. The van der Waals surface area contributed by atoms with E-state index in [4.69, 9.17) is 0 Å². The Morgan fingerprint density at radius 2 is 2.18 bits per heavy atom. The zero-order chi connectivity index (χ0) is 12.7. The van der Waals surface area contributed by atoms with Gasteiger partial charge in [-0.05, 0) is 26.3 Å². The maximum absolute atomic E-state index is 12.0. The van der Waals surface area contributed by atoms with Crippen molar-refractivity contribution in [1.82, 2.24) is 10.2 Å². The molecule has 0 spiro atoms. The van der Waals surface area contributed by atoms with Crippen molar-refractivity contribution in [3.8, 4) is 0 Å². The van der Waals surface area contributed by atoms with Gasteiger partial charge in [-0.15, -0.1) is 0 Å². The molecule has 1 amide bonds. The SMILES string of the molecule is CNCCC(=O)N1CCCCC1CC(=O)OC. The lowest BCUT2D eigenvalue weighted by atomic mass is 9.99. The van der Waals surface area contributed by atoms with Crippen LogP contribution in [0.25, 0.3) is 0 Å². The first-order valence-corrected chi connectivity index (χ1v) is 6.20. The molecule has 1 heterocycles. The van der Waals surface area contributed by atoms with Crippen LogP contribution in [0, 0.1) is 0 Å². The summed E-state index contributed by atoms with van der Waals surface area (Å²) in [6.45, 7) is 1.45. The normalized spacial score (nSPS) is 20.1. The number of rotatable bonds is 5. The summed E-state index contributed by atoms with van der Waals surface area (Å²) in [5, 5.41) is 2.97. The molecule has 0 aromatic heterocycles. The molecule has 0 aromatic rings. The Balaban J connectivity index is 2.52. The summed E-state index contributed by atoms with van der Waals surface area (Å²) in [5.74, 6) is -0.101. The van der Waals surface area contributed by atoms with Crippen LogP contribution in [0.4, 0.5) is 0 Å². The van der Waals surface area contributed by atoms with Gasteiger partial charge in [-0.2, -0.15) is 0 Å². The van der Waals surface area contributed by atoms with Crippen LogP contribution in [-0.4, -0.2) is 50.1 Å². The summed E-state index contributed by atoms with van der Waals surface area (Å²) in [4.78, 5) is 25.1. The van der Waals surface area contributed by atoms with E-state index in [9.17, 15) is 9.59 Å². The van der Waals surface area contributed by atoms with Gasteiger partial charge < -0.3 is 15.0 Å². The molecule has 1 aliphatic heterocycles. The van der Waals surface area contributed by atoms with Crippen molar-refractivity contribution in [2.24, 2.45) is 0 Å². The van der Waals surface area contributed by atoms with Crippen LogP contribution in [0.2, 0.25) is 0 Å². The van der Waals surface area contributed by atoms with Gasteiger partial charge >= 0.3 is 5.97 Å². The van der Waals surface area contributed by atoms with E-state index in [0.29, 0.717) is 19.4 Å². The van der Waals surface area contributed by atoms with Gasteiger partial charge in [0.1, 0.15) is 0 Å². The molecule has 98 valence electrons. The van der Waals surface area contributed by atoms with Crippen molar-refractivity contribution in [3.05, 3.63) is 0 Å². The molecular weight excluding hydrogens is 220 g/mol. The predicted octanol–water partition coefficient (Wildman–Crippen LogP) is 0.540. The van der Waals surface area contributed by atoms with Crippen molar-refractivity contribution in [3.63, 3.8) is 0 Å². The summed E-state index contributed by atoms with van der Waals surface area (Å²) < 4.78 is 4.67. The number of esters is 1. The van der Waals surface area contributed by atoms with Crippen LogP contribution in [0.3, 0.4) is 0 Å². The molecule has 1 atom stereocenters. The van der Waals surface area contributed by atoms with Crippen LogP contribution in [0.15, 0.2) is 0 Å². The Morgan fingerprint density at radius 1 is 1.41 bits per heavy atom. The topological polar surface area (TPSA) is 58.6 Å². The summed E-state index contributed by atoms with van der Waals surface area (Å²) in [7, 11) is 3.22. The minimum absolute atomic E-state index is 0.0283. The van der Waals surface area contributed by atoms with Gasteiger partial charge in [-0.25, -0.2) is 0 Å². The number of carbonyl (C=O) groups is 2. The Hall–Kier alpha value is -1.10. The third-order valence-electron chi connectivity index (χ3n) is 3.17. The van der Waals surface area contributed by atoms with Gasteiger partial charge in [-0.1, -0.05) is 0 Å². The van der Waals surface area contributed by atoms with Crippen molar-refractivity contribution in [2.45, 2.75) is 38.1 Å². The second kappa shape index (κ2) is 7.27. The van der Waals surface area contributed by atoms with E-state index in [1.54, 1.807) is 0 Å². The first kappa shape index (κ1) is 14.0. The molecule has 0 radical (unpaired) electrons. The Kier molecular flexibility index (Phi) is 5.97. The van der Waals surface area contributed by atoms with Crippen LogP contribution in [0.1, 0.15) is 32.1 Å². The Labute approximate surface area is 102 Å². The number of hydrogen-bond acceptors (Lipinski definition) is 4. The summed E-state index contributed by atoms with van der Waals surface area (Å²) in [6.07, 6.45) is 3.83. The molecule has 1 rings (SSSR count). The standard InChI is InChI=1S/C12H22N2O3/c1-13-7-6-11(15)14-8-4-3-5-10(14)9-12(16)17-2/h10,13H,3-9H2,1-2H3. The molecule has 5 nitrogen and oxygen atoms in total. The molecule has 1 fully saturated rings. The molecular formula is C12H22N2O3. The van der Waals surface area contributed by atoms with Crippen molar-refractivity contribution < 1.29 is 14.3 Å². The minimum atomic E-state index is -0.233. The monoisotopic (exact) mass is 242 g/mol. The molecule has 1 saturated heterocycles. The quantitative estimate of drug-likeness (QED) is 0.715. The highest BCUT2D eigenvalue weighted by atomic mass is 16.5. The molecule has 1 aliphatic rings. The molecule has 5 heteroatoms. The maximum atomic E-state index is 12.0. The first-order valence-electron chi connectivity index (χ1n) is 6.20. The molecule has 17 heavy (non-hydrogen) atoms. The minimum Gasteiger partial charge on any atom is -0.469 e. The fraction of sp³-hybridized carbons (Fsp3) is 0.833. The Bertz CT molecular complexity index is 268. The third-order valence-corrected chi connectivity index (χ3v) is 3.17. The lowest BCUT2D eigenvalue weighted by molar-refractivity contribution is -0.144. The number of likely N-dealkylation sites (tertiary alicyclic amines) is 1. The highest BCUT2D eigenvalue weighted by Gasteiger charge is 2.28. The number of ether oxygens (including phenoxy) is 1. The smallest absolute Gasteiger partial charge is 0.307 e. The lowest BCUT2D eigenvalue weighted by Crippen LogP contribution is -2.45. The lowest BCUT2D eigenvalue weighted by Gasteiger charge is -2.35. The first-order chi connectivity index (χ1) is 8.19. The van der Waals surface area contributed by atoms with E-state index in [1.807, 2.05) is 11.9 Å². The average Bonchev–Trinajstić information content (AvgIpc) is 2.36. The maximum Gasteiger partial charge on any atom is 0.307 e. The number of piperidine rings is 1. The second-order valence-electron chi connectivity index (χ2n) is 4.37. The number of hydrogen-bond donors (Lipinski definition) is 1. The number of methoxy groups -OCH3 is 1. The van der Waals surface area contributed by atoms with Crippen LogP contribution >= 0.6 is 0 Å². The summed E-state index contributed by atoms with van der Waals surface area (Å²) >= 11 is 0. The van der Waals surface area contributed by atoms with Crippen LogP contribution in [-0.2, 0) is 14.3 Å². The highest BCUT2D eigenvalue weighted by Crippen LogP contribution is 2.20. The predicted molar refractivity (Wildman–Crippen MR) is 64.5 cm³/mol. The van der Waals surface area contributed by atoms with Crippen LogP contribution in [0.5, 0.6) is 0 Å². The molecule has 0 saturated carbocycles. The average molecular weight is 242 g/mol. The van der Waals surface area contributed by atoms with E-state index in [-0.39, 0.29) is 17.9 Å². The van der Waals surface area contributed by atoms with Gasteiger partial charge in [0.05, 0.1) is 13.5 Å². The van der Waals surface area contributed by atoms with Crippen molar-refractivity contribution in [2.75, 3.05) is 27.2 Å². The van der Waals surface area contributed by atoms with Crippen molar-refractivity contribution in [1.29, 1.82) is 0 Å². The zero-order valence-corrected chi connectivity index (χ0v) is 10.7.